The first kappa shape index (κ1) is 17.0. The highest BCUT2D eigenvalue weighted by atomic mass is 15.2. The van der Waals surface area contributed by atoms with Crippen LogP contribution in [0.1, 0.15) is 25.7 Å². The Morgan fingerprint density at radius 3 is 2.54 bits per heavy atom. The quantitative estimate of drug-likeness (QED) is 0.767. The molecule has 0 bridgehead atoms. The van der Waals surface area contributed by atoms with Crippen molar-refractivity contribution in [3.8, 4) is 11.3 Å². The van der Waals surface area contributed by atoms with Crippen molar-refractivity contribution in [2.75, 3.05) is 18.5 Å². The first-order valence-electron chi connectivity index (χ1n) is 9.49. The van der Waals surface area contributed by atoms with Crippen molar-refractivity contribution < 1.29 is 0 Å². The van der Waals surface area contributed by atoms with Crippen molar-refractivity contribution in [2.24, 2.45) is 11.7 Å². The Labute approximate surface area is 155 Å². The lowest BCUT2D eigenvalue weighted by Crippen LogP contribution is -2.37. The average molecular weight is 346 g/mol. The summed E-state index contributed by atoms with van der Waals surface area (Å²) in [6.07, 6.45) is 6.62. The summed E-state index contributed by atoms with van der Waals surface area (Å²) in [4.78, 5) is 11.6. The van der Waals surface area contributed by atoms with Crippen LogP contribution < -0.4 is 10.6 Å². The summed E-state index contributed by atoms with van der Waals surface area (Å²) < 4.78 is 0. The molecule has 1 aliphatic carbocycles. The molecule has 0 aliphatic heterocycles. The van der Waals surface area contributed by atoms with Crippen molar-refractivity contribution in [1.82, 2.24) is 9.97 Å². The predicted octanol–water partition coefficient (Wildman–Crippen LogP) is 4.25. The monoisotopic (exact) mass is 346 g/mol. The summed E-state index contributed by atoms with van der Waals surface area (Å²) in [5.41, 5.74) is 7.93. The smallest absolute Gasteiger partial charge is 0.225 e. The Bertz CT molecular complexity index is 884. The van der Waals surface area contributed by atoms with E-state index in [9.17, 15) is 0 Å². The molecule has 2 aromatic carbocycles. The zero-order valence-corrected chi connectivity index (χ0v) is 15.3. The van der Waals surface area contributed by atoms with Crippen LogP contribution in [0.3, 0.4) is 0 Å². The minimum Gasteiger partial charge on any atom is -0.341 e. The number of nitrogens with zero attached hydrogens (tertiary/aromatic N) is 3. The van der Waals surface area contributed by atoms with Crippen LogP contribution in [-0.4, -0.2) is 29.6 Å². The molecule has 0 atom stereocenters. The maximum Gasteiger partial charge on any atom is 0.225 e. The van der Waals surface area contributed by atoms with Crippen molar-refractivity contribution in [1.29, 1.82) is 0 Å². The number of nitrogens with two attached hydrogens (primary N) is 1. The first-order valence-corrected chi connectivity index (χ1v) is 9.49. The fourth-order valence-electron chi connectivity index (χ4n) is 3.96. The van der Waals surface area contributed by atoms with E-state index in [2.05, 4.69) is 59.4 Å². The number of hydrogen-bond donors (Lipinski definition) is 1. The second kappa shape index (κ2) is 7.42. The SMILES string of the molecule is CN(c1nccc(-c2ccc3ccccc3c2)n1)C1CCC(CN)CC1. The number of anilines is 1. The largest absolute Gasteiger partial charge is 0.341 e. The topological polar surface area (TPSA) is 55.0 Å². The van der Waals surface area contributed by atoms with E-state index in [1.54, 1.807) is 0 Å². The summed E-state index contributed by atoms with van der Waals surface area (Å²) >= 11 is 0. The molecule has 1 aromatic heterocycles. The third kappa shape index (κ3) is 3.42. The highest BCUT2D eigenvalue weighted by Gasteiger charge is 2.24. The number of rotatable bonds is 4. The highest BCUT2D eigenvalue weighted by molar-refractivity contribution is 5.86. The van der Waals surface area contributed by atoms with Crippen LogP contribution >= 0.6 is 0 Å². The Hall–Kier alpha value is -2.46. The van der Waals surface area contributed by atoms with Crippen molar-refractivity contribution in [3.05, 3.63) is 54.7 Å². The molecule has 0 spiro atoms. The second-order valence-electron chi connectivity index (χ2n) is 7.32. The Balaban J connectivity index is 1.57. The molecule has 0 amide bonds. The minimum atomic E-state index is 0.504. The molecule has 4 nitrogen and oxygen atoms in total. The third-order valence-corrected chi connectivity index (χ3v) is 5.70. The zero-order chi connectivity index (χ0) is 17.9. The van der Waals surface area contributed by atoms with Gasteiger partial charge in [-0.25, -0.2) is 9.97 Å². The minimum absolute atomic E-state index is 0.504. The standard InChI is InChI=1S/C22H26N4/c1-26(20-10-6-16(15-23)7-11-20)22-24-13-12-21(25-22)19-9-8-17-4-2-3-5-18(17)14-19/h2-5,8-9,12-14,16,20H,6-7,10-11,15,23H2,1H3. The summed E-state index contributed by atoms with van der Waals surface area (Å²) in [6, 6.07) is 17.4. The van der Waals surface area contributed by atoms with Gasteiger partial charge in [-0.2, -0.15) is 0 Å². The van der Waals surface area contributed by atoms with Gasteiger partial charge in [0.1, 0.15) is 0 Å². The lowest BCUT2D eigenvalue weighted by Gasteiger charge is -2.34. The van der Waals surface area contributed by atoms with E-state index in [4.69, 9.17) is 10.7 Å². The fourth-order valence-corrected chi connectivity index (χ4v) is 3.96. The van der Waals surface area contributed by atoms with E-state index in [0.29, 0.717) is 12.0 Å². The van der Waals surface area contributed by atoms with Gasteiger partial charge in [0.05, 0.1) is 5.69 Å². The van der Waals surface area contributed by atoms with Gasteiger partial charge in [-0.15, -0.1) is 0 Å². The molecule has 3 aromatic rings. The van der Waals surface area contributed by atoms with Gasteiger partial charge in [0.25, 0.3) is 0 Å². The van der Waals surface area contributed by atoms with Gasteiger partial charge in [-0.05, 0) is 61.1 Å². The lowest BCUT2D eigenvalue weighted by molar-refractivity contribution is 0.325. The molecule has 1 heterocycles. The molecular formula is C22H26N4. The van der Waals surface area contributed by atoms with Crippen LogP contribution in [0.15, 0.2) is 54.7 Å². The van der Waals surface area contributed by atoms with Crippen LogP contribution in [-0.2, 0) is 0 Å². The molecule has 1 fully saturated rings. The molecule has 4 heteroatoms. The number of aromatic nitrogens is 2. The predicted molar refractivity (Wildman–Crippen MR) is 108 cm³/mol. The van der Waals surface area contributed by atoms with Gasteiger partial charge < -0.3 is 10.6 Å². The Kier molecular flexibility index (Phi) is 4.85. The number of benzene rings is 2. The molecule has 4 rings (SSSR count). The lowest BCUT2D eigenvalue weighted by atomic mass is 9.85. The zero-order valence-electron chi connectivity index (χ0n) is 15.3. The summed E-state index contributed by atoms with van der Waals surface area (Å²) in [5.74, 6) is 1.50. The van der Waals surface area contributed by atoms with Crippen molar-refractivity contribution >= 4 is 16.7 Å². The van der Waals surface area contributed by atoms with Gasteiger partial charge in [-0.3, -0.25) is 0 Å². The van der Waals surface area contributed by atoms with Gasteiger partial charge in [0.15, 0.2) is 0 Å². The van der Waals surface area contributed by atoms with Crippen LogP contribution in [0.5, 0.6) is 0 Å². The van der Waals surface area contributed by atoms with Crippen molar-refractivity contribution in [2.45, 2.75) is 31.7 Å². The van der Waals surface area contributed by atoms with Crippen LogP contribution in [0.25, 0.3) is 22.0 Å². The molecule has 2 N–H and O–H groups in total. The van der Waals surface area contributed by atoms with E-state index in [1.807, 2.05) is 12.3 Å². The molecule has 0 unspecified atom stereocenters. The van der Waals surface area contributed by atoms with Crippen LogP contribution in [0.2, 0.25) is 0 Å². The second-order valence-corrected chi connectivity index (χ2v) is 7.32. The maximum absolute atomic E-state index is 5.82. The van der Waals surface area contributed by atoms with E-state index in [1.165, 1.54) is 36.5 Å². The summed E-state index contributed by atoms with van der Waals surface area (Å²) in [7, 11) is 2.12. The van der Waals surface area contributed by atoms with Gasteiger partial charge in [0, 0.05) is 24.8 Å². The highest BCUT2D eigenvalue weighted by Crippen LogP contribution is 2.29. The van der Waals surface area contributed by atoms with Gasteiger partial charge in [0.2, 0.25) is 5.95 Å². The van der Waals surface area contributed by atoms with Crippen LogP contribution in [0, 0.1) is 5.92 Å². The maximum atomic E-state index is 5.82. The third-order valence-electron chi connectivity index (χ3n) is 5.70. The first-order chi connectivity index (χ1) is 12.7. The molecule has 26 heavy (non-hydrogen) atoms. The summed E-state index contributed by atoms with van der Waals surface area (Å²) in [5, 5.41) is 2.48. The molecule has 1 aliphatic rings. The molecule has 0 radical (unpaired) electrons. The van der Waals surface area contributed by atoms with Crippen LogP contribution in [0.4, 0.5) is 5.95 Å². The normalized spacial score (nSPS) is 20.2. The Morgan fingerprint density at radius 2 is 1.77 bits per heavy atom. The van der Waals surface area contributed by atoms with Gasteiger partial charge in [-0.1, -0.05) is 36.4 Å². The molecule has 1 saturated carbocycles. The molecule has 0 saturated heterocycles. The average Bonchev–Trinajstić information content (AvgIpc) is 2.73. The fraction of sp³-hybridized carbons (Fsp3) is 0.364. The van der Waals surface area contributed by atoms with Gasteiger partial charge >= 0.3 is 0 Å². The molecule has 134 valence electrons. The van der Waals surface area contributed by atoms with Crippen molar-refractivity contribution in [3.63, 3.8) is 0 Å². The molecular weight excluding hydrogens is 320 g/mol. The number of hydrogen-bond acceptors (Lipinski definition) is 4. The van der Waals surface area contributed by atoms with E-state index < -0.39 is 0 Å². The number of fused-ring (bicyclic) bond motifs is 1. The van der Waals surface area contributed by atoms with E-state index >= 15 is 0 Å². The Morgan fingerprint density at radius 1 is 1.00 bits per heavy atom. The summed E-state index contributed by atoms with van der Waals surface area (Å²) in [6.45, 7) is 0.810. The van der Waals surface area contributed by atoms with E-state index in [0.717, 1.165) is 23.8 Å². The van der Waals surface area contributed by atoms with E-state index in [-0.39, 0.29) is 0 Å².